The van der Waals surface area contributed by atoms with E-state index in [1.54, 1.807) is 0 Å². The molecule has 0 radical (unpaired) electrons. The molecule has 0 bridgehead atoms. The van der Waals surface area contributed by atoms with Crippen LogP contribution in [-0.2, 0) is 5.41 Å². The highest BCUT2D eigenvalue weighted by Crippen LogP contribution is 2.54. The molecule has 0 fully saturated rings. The topological polar surface area (TPSA) is 16.4 Å². The van der Waals surface area contributed by atoms with Crippen LogP contribution in [0.15, 0.2) is 168 Å². The predicted octanol–water partition coefficient (Wildman–Crippen LogP) is 13.3. The Kier molecular flexibility index (Phi) is 5.95. The minimum atomic E-state index is -0.0859. The van der Waals surface area contributed by atoms with E-state index in [4.69, 9.17) is 4.42 Å². The first-order valence-electron chi connectivity index (χ1n) is 17.0. The summed E-state index contributed by atoms with van der Waals surface area (Å²) in [5.74, 6) is 0. The van der Waals surface area contributed by atoms with Gasteiger partial charge in [-0.2, -0.15) is 0 Å². The quantitative estimate of drug-likeness (QED) is 0.193. The maximum Gasteiger partial charge on any atom is 0.143 e. The Balaban J connectivity index is 1.16. The molecule has 1 aliphatic rings. The second-order valence-electron chi connectivity index (χ2n) is 13.7. The van der Waals surface area contributed by atoms with Crippen LogP contribution in [0.5, 0.6) is 0 Å². The van der Waals surface area contributed by atoms with Crippen LogP contribution < -0.4 is 4.90 Å². The molecule has 0 spiro atoms. The van der Waals surface area contributed by atoms with Crippen molar-refractivity contribution >= 4 is 60.5 Å². The first-order valence-corrected chi connectivity index (χ1v) is 17.0. The van der Waals surface area contributed by atoms with Crippen LogP contribution >= 0.6 is 0 Å². The molecule has 0 atom stereocenters. The molecule has 0 unspecified atom stereocenters. The fraction of sp³-hybridized carbons (Fsp3) is 0.0638. The fourth-order valence-corrected chi connectivity index (χ4v) is 8.21. The molecule has 0 saturated carbocycles. The number of furan rings is 1. The van der Waals surface area contributed by atoms with Crippen molar-refractivity contribution in [1.29, 1.82) is 0 Å². The molecule has 0 amide bonds. The summed E-state index contributed by atoms with van der Waals surface area (Å²) >= 11 is 0. The Morgan fingerprint density at radius 3 is 1.96 bits per heavy atom. The molecule has 232 valence electrons. The molecule has 10 rings (SSSR count). The second kappa shape index (κ2) is 10.4. The molecular formula is C47H33NO. The van der Waals surface area contributed by atoms with Gasteiger partial charge in [-0.3, -0.25) is 0 Å². The number of fused-ring (bicyclic) bond motifs is 9. The lowest BCUT2D eigenvalue weighted by atomic mass is 9.82. The monoisotopic (exact) mass is 627 g/mol. The van der Waals surface area contributed by atoms with Gasteiger partial charge in [-0.05, 0) is 74.8 Å². The van der Waals surface area contributed by atoms with Crippen LogP contribution in [-0.4, -0.2) is 0 Å². The van der Waals surface area contributed by atoms with Crippen molar-refractivity contribution < 1.29 is 4.42 Å². The molecule has 49 heavy (non-hydrogen) atoms. The highest BCUT2D eigenvalue weighted by Gasteiger charge is 2.37. The maximum absolute atomic E-state index is 6.70. The van der Waals surface area contributed by atoms with Crippen molar-refractivity contribution in [2.24, 2.45) is 0 Å². The Morgan fingerprint density at radius 2 is 1.08 bits per heavy atom. The van der Waals surface area contributed by atoms with E-state index in [0.717, 1.165) is 49.8 Å². The number of rotatable bonds is 4. The van der Waals surface area contributed by atoms with Gasteiger partial charge in [0.15, 0.2) is 0 Å². The Morgan fingerprint density at radius 1 is 0.449 bits per heavy atom. The van der Waals surface area contributed by atoms with E-state index in [1.807, 2.05) is 0 Å². The zero-order chi connectivity index (χ0) is 32.7. The van der Waals surface area contributed by atoms with Crippen molar-refractivity contribution in [3.8, 4) is 22.3 Å². The van der Waals surface area contributed by atoms with Crippen molar-refractivity contribution in [2.75, 3.05) is 4.90 Å². The minimum absolute atomic E-state index is 0.0859. The van der Waals surface area contributed by atoms with Gasteiger partial charge in [-0.15, -0.1) is 0 Å². The normalized spacial score (nSPS) is 13.3. The van der Waals surface area contributed by atoms with Crippen LogP contribution in [0.25, 0.3) is 65.7 Å². The Bertz CT molecular complexity index is 2750. The van der Waals surface area contributed by atoms with E-state index < -0.39 is 0 Å². The molecule has 0 N–H and O–H groups in total. The van der Waals surface area contributed by atoms with Gasteiger partial charge in [0.25, 0.3) is 0 Å². The van der Waals surface area contributed by atoms with E-state index in [-0.39, 0.29) is 5.41 Å². The number of nitrogens with zero attached hydrogens (tertiary/aromatic N) is 1. The van der Waals surface area contributed by atoms with Crippen molar-refractivity contribution in [1.82, 2.24) is 0 Å². The van der Waals surface area contributed by atoms with Gasteiger partial charge in [-0.1, -0.05) is 141 Å². The first kappa shape index (κ1) is 27.9. The van der Waals surface area contributed by atoms with Crippen molar-refractivity contribution in [3.63, 3.8) is 0 Å². The Labute approximate surface area is 285 Å². The van der Waals surface area contributed by atoms with Gasteiger partial charge in [-0.25, -0.2) is 0 Å². The zero-order valence-electron chi connectivity index (χ0n) is 27.4. The molecule has 1 heterocycles. The average Bonchev–Trinajstić information content (AvgIpc) is 3.65. The van der Waals surface area contributed by atoms with E-state index in [1.165, 1.54) is 44.1 Å². The Hall–Kier alpha value is -6.12. The second-order valence-corrected chi connectivity index (χ2v) is 13.7. The smallest absolute Gasteiger partial charge is 0.143 e. The van der Waals surface area contributed by atoms with Crippen LogP contribution in [0.4, 0.5) is 17.1 Å². The van der Waals surface area contributed by atoms with Crippen LogP contribution in [0.1, 0.15) is 25.0 Å². The molecule has 0 saturated heterocycles. The van der Waals surface area contributed by atoms with E-state index >= 15 is 0 Å². The van der Waals surface area contributed by atoms with E-state index in [9.17, 15) is 0 Å². The lowest BCUT2D eigenvalue weighted by Gasteiger charge is -2.29. The molecule has 9 aromatic rings. The molecule has 1 aromatic heterocycles. The number of para-hydroxylation sites is 1. The average molecular weight is 628 g/mol. The van der Waals surface area contributed by atoms with Gasteiger partial charge in [0, 0.05) is 44.1 Å². The summed E-state index contributed by atoms with van der Waals surface area (Å²) in [7, 11) is 0. The lowest BCUT2D eigenvalue weighted by Crippen LogP contribution is -2.16. The lowest BCUT2D eigenvalue weighted by molar-refractivity contribution is 0.660. The molecule has 2 heteroatoms. The summed E-state index contributed by atoms with van der Waals surface area (Å²) in [6.45, 7) is 4.69. The predicted molar refractivity (Wildman–Crippen MR) is 206 cm³/mol. The van der Waals surface area contributed by atoms with Crippen molar-refractivity contribution in [2.45, 2.75) is 19.3 Å². The van der Waals surface area contributed by atoms with Gasteiger partial charge in [0.05, 0.1) is 5.69 Å². The summed E-state index contributed by atoms with van der Waals surface area (Å²) in [5, 5.41) is 7.07. The van der Waals surface area contributed by atoms with E-state index in [2.05, 4.69) is 183 Å². The third-order valence-corrected chi connectivity index (χ3v) is 10.6. The minimum Gasteiger partial charge on any atom is -0.455 e. The molecule has 8 aromatic carbocycles. The standard InChI is InChI=1S/C47H33NO/c1-47(2)41-18-8-7-15-40(41)44-42(47)19-10-20-43(44)48(35-27-21-30-11-3-4-13-33(30)29-35)34-25-22-32(23-26-34)37-16-9-17-38-39-28-24-31-12-5-6-14-36(31)46(39)49-45(37)38/h3-29H,1-2H3. The van der Waals surface area contributed by atoms with Gasteiger partial charge < -0.3 is 9.32 Å². The molecular weight excluding hydrogens is 595 g/mol. The third-order valence-electron chi connectivity index (χ3n) is 10.6. The summed E-state index contributed by atoms with van der Waals surface area (Å²) < 4.78 is 6.70. The maximum atomic E-state index is 6.70. The van der Waals surface area contributed by atoms with Gasteiger partial charge in [0.2, 0.25) is 0 Å². The number of benzene rings is 8. The summed E-state index contributed by atoms with van der Waals surface area (Å²) in [4.78, 5) is 2.43. The summed E-state index contributed by atoms with van der Waals surface area (Å²) in [6, 6.07) is 59.4. The van der Waals surface area contributed by atoms with Crippen LogP contribution in [0.3, 0.4) is 0 Å². The molecule has 1 aliphatic carbocycles. The van der Waals surface area contributed by atoms with Crippen LogP contribution in [0, 0.1) is 0 Å². The SMILES string of the molecule is CC1(C)c2ccccc2-c2c(N(c3ccc(-c4cccc5c4oc4c6ccccc6ccc54)cc3)c3ccc4ccccc4c3)cccc21. The number of anilines is 3. The summed E-state index contributed by atoms with van der Waals surface area (Å²) in [5.41, 5.74) is 12.8. The zero-order valence-corrected chi connectivity index (χ0v) is 27.4. The molecule has 0 aliphatic heterocycles. The first-order chi connectivity index (χ1) is 24.1. The highest BCUT2D eigenvalue weighted by atomic mass is 16.3. The van der Waals surface area contributed by atoms with E-state index in [0.29, 0.717) is 0 Å². The van der Waals surface area contributed by atoms with Gasteiger partial charge >= 0.3 is 0 Å². The largest absolute Gasteiger partial charge is 0.455 e. The summed E-state index contributed by atoms with van der Waals surface area (Å²) in [6.07, 6.45) is 0. The molecule has 2 nitrogen and oxygen atoms in total. The van der Waals surface area contributed by atoms with Crippen molar-refractivity contribution in [3.05, 3.63) is 175 Å². The third kappa shape index (κ3) is 4.14. The van der Waals surface area contributed by atoms with Gasteiger partial charge in [0.1, 0.15) is 11.2 Å². The number of hydrogen-bond donors (Lipinski definition) is 0. The number of hydrogen-bond acceptors (Lipinski definition) is 2. The highest BCUT2D eigenvalue weighted by molar-refractivity contribution is 6.17. The van der Waals surface area contributed by atoms with Crippen LogP contribution in [0.2, 0.25) is 0 Å². The fourth-order valence-electron chi connectivity index (χ4n) is 8.21.